The minimum absolute atomic E-state index is 0.257. The molecule has 3 atom stereocenters. The van der Waals surface area contributed by atoms with Crippen molar-refractivity contribution in [1.82, 2.24) is 5.32 Å². The monoisotopic (exact) mass is 355 g/mol. The van der Waals surface area contributed by atoms with Gasteiger partial charge in [-0.2, -0.15) is 12.6 Å². The van der Waals surface area contributed by atoms with Crippen molar-refractivity contribution < 1.29 is 19.1 Å². The highest BCUT2D eigenvalue weighted by Crippen LogP contribution is 2.59. The molecule has 0 saturated heterocycles. The van der Waals surface area contributed by atoms with Gasteiger partial charge in [-0.25, -0.2) is 4.79 Å². The van der Waals surface area contributed by atoms with Crippen LogP contribution in [0.1, 0.15) is 66.2 Å². The number of carbonyl (C=O) groups excluding carboxylic acids is 2. The summed E-state index contributed by atoms with van der Waals surface area (Å²) in [7, 11) is 0. The van der Waals surface area contributed by atoms with Gasteiger partial charge in [0.05, 0.1) is 5.25 Å². The number of carbonyl (C=O) groups is 2. The average molecular weight is 356 g/mol. The lowest BCUT2D eigenvalue weighted by Gasteiger charge is -2.61. The molecule has 4 aliphatic rings. The van der Waals surface area contributed by atoms with E-state index in [1.54, 1.807) is 6.92 Å². The molecule has 6 heteroatoms. The van der Waals surface area contributed by atoms with Crippen molar-refractivity contribution in [3.63, 3.8) is 0 Å². The Morgan fingerprint density at radius 1 is 1.17 bits per heavy atom. The lowest BCUT2D eigenvalue weighted by Crippen LogP contribution is -2.66. The molecule has 0 spiro atoms. The number of ether oxygens (including phenoxy) is 2. The molecule has 4 saturated carbocycles. The molecular weight excluding hydrogens is 326 g/mol. The summed E-state index contributed by atoms with van der Waals surface area (Å²) in [6.45, 7) is 7.33. The first kappa shape index (κ1) is 17.9. The first-order valence-corrected chi connectivity index (χ1v) is 9.44. The second kappa shape index (κ2) is 5.82. The van der Waals surface area contributed by atoms with Gasteiger partial charge >= 0.3 is 12.1 Å². The summed E-state index contributed by atoms with van der Waals surface area (Å²) in [5, 5.41) is 2.71. The van der Waals surface area contributed by atoms with E-state index in [2.05, 4.69) is 17.9 Å². The highest BCUT2D eigenvalue weighted by molar-refractivity contribution is 7.81. The Morgan fingerprint density at radius 2 is 1.75 bits per heavy atom. The van der Waals surface area contributed by atoms with E-state index in [4.69, 9.17) is 9.47 Å². The summed E-state index contributed by atoms with van der Waals surface area (Å²) in [5.41, 5.74) is -1.25. The van der Waals surface area contributed by atoms with Crippen molar-refractivity contribution in [2.75, 3.05) is 0 Å². The summed E-state index contributed by atoms with van der Waals surface area (Å²) in [4.78, 5) is 24.5. The highest BCUT2D eigenvalue weighted by atomic mass is 32.1. The summed E-state index contributed by atoms with van der Waals surface area (Å²) >= 11 is 4.20. The zero-order valence-corrected chi connectivity index (χ0v) is 15.9. The summed E-state index contributed by atoms with van der Waals surface area (Å²) in [5.74, 6) is 0.751. The van der Waals surface area contributed by atoms with E-state index < -0.39 is 16.5 Å². The van der Waals surface area contributed by atoms with Crippen molar-refractivity contribution in [1.29, 1.82) is 0 Å². The van der Waals surface area contributed by atoms with Gasteiger partial charge in [0.25, 0.3) is 0 Å². The van der Waals surface area contributed by atoms with E-state index in [1.165, 1.54) is 6.42 Å². The molecule has 0 aliphatic heterocycles. The minimum Gasteiger partial charge on any atom is -0.458 e. The van der Waals surface area contributed by atoms with Gasteiger partial charge in [0.2, 0.25) is 0 Å². The van der Waals surface area contributed by atoms with E-state index >= 15 is 0 Å². The molecule has 136 valence electrons. The van der Waals surface area contributed by atoms with Gasteiger partial charge < -0.3 is 14.8 Å². The second-order valence-corrected chi connectivity index (χ2v) is 9.92. The number of hydrogen-bond acceptors (Lipinski definition) is 5. The molecule has 4 fully saturated rings. The molecule has 3 unspecified atom stereocenters. The number of nitrogens with one attached hydrogen (secondary N) is 1. The fraction of sp³-hybridized carbons (Fsp3) is 0.889. The van der Waals surface area contributed by atoms with Crippen LogP contribution in [0.3, 0.4) is 0 Å². The Bertz CT molecular complexity index is 526. The molecule has 24 heavy (non-hydrogen) atoms. The topological polar surface area (TPSA) is 64.6 Å². The van der Waals surface area contributed by atoms with Crippen molar-refractivity contribution in [2.24, 2.45) is 11.8 Å². The number of thiol groups is 1. The van der Waals surface area contributed by atoms with Crippen molar-refractivity contribution >= 4 is 24.7 Å². The van der Waals surface area contributed by atoms with Gasteiger partial charge in [-0.15, -0.1) is 0 Å². The first-order chi connectivity index (χ1) is 11.0. The Labute approximate surface area is 149 Å². The Hall–Kier alpha value is -0.910. The number of amides is 1. The summed E-state index contributed by atoms with van der Waals surface area (Å²) in [6.07, 6.45) is 5.23. The fourth-order valence-corrected chi connectivity index (χ4v) is 5.32. The third-order valence-corrected chi connectivity index (χ3v) is 5.64. The molecule has 4 rings (SSSR count). The smallest absolute Gasteiger partial charge is 0.408 e. The van der Waals surface area contributed by atoms with E-state index in [0.29, 0.717) is 18.3 Å². The molecule has 5 nitrogen and oxygen atoms in total. The summed E-state index contributed by atoms with van der Waals surface area (Å²) < 4.78 is 11.4. The van der Waals surface area contributed by atoms with Crippen LogP contribution in [0.5, 0.6) is 0 Å². The SMILES string of the molecule is CC(S)C(=O)OC12CC3CC(CC(NC(=O)OC(C)(C)C)(C3)C1)C2. The third kappa shape index (κ3) is 3.68. The van der Waals surface area contributed by atoms with Crippen LogP contribution in [0.2, 0.25) is 0 Å². The zero-order chi connectivity index (χ0) is 17.8. The van der Waals surface area contributed by atoms with Crippen LogP contribution in [0.15, 0.2) is 0 Å². The maximum Gasteiger partial charge on any atom is 0.408 e. The van der Waals surface area contributed by atoms with Crippen LogP contribution in [0.25, 0.3) is 0 Å². The quantitative estimate of drug-likeness (QED) is 0.601. The molecule has 0 aromatic carbocycles. The molecule has 4 bridgehead atoms. The largest absolute Gasteiger partial charge is 0.458 e. The van der Waals surface area contributed by atoms with Crippen molar-refractivity contribution in [3.8, 4) is 0 Å². The van der Waals surface area contributed by atoms with Gasteiger partial charge in [-0.1, -0.05) is 0 Å². The molecule has 4 aliphatic carbocycles. The van der Waals surface area contributed by atoms with E-state index in [-0.39, 0.29) is 17.6 Å². The summed E-state index contributed by atoms with van der Waals surface area (Å²) in [6, 6.07) is 0. The van der Waals surface area contributed by atoms with Gasteiger partial charge in [-0.3, -0.25) is 4.79 Å². The molecule has 0 heterocycles. The van der Waals surface area contributed by atoms with Gasteiger partial charge in [0.1, 0.15) is 11.2 Å². The van der Waals surface area contributed by atoms with Gasteiger partial charge in [0.15, 0.2) is 0 Å². The van der Waals surface area contributed by atoms with E-state index in [1.807, 2.05) is 20.8 Å². The molecule has 1 amide bonds. The van der Waals surface area contributed by atoms with Crippen molar-refractivity contribution in [2.45, 2.75) is 88.2 Å². The van der Waals surface area contributed by atoms with Crippen LogP contribution in [-0.4, -0.2) is 34.1 Å². The van der Waals surface area contributed by atoms with Crippen LogP contribution in [0, 0.1) is 11.8 Å². The number of hydrogen-bond donors (Lipinski definition) is 2. The van der Waals surface area contributed by atoms with Gasteiger partial charge in [-0.05, 0) is 71.6 Å². The lowest BCUT2D eigenvalue weighted by atomic mass is 9.51. The highest BCUT2D eigenvalue weighted by Gasteiger charge is 2.60. The maximum atomic E-state index is 12.3. The van der Waals surface area contributed by atoms with Crippen LogP contribution in [-0.2, 0) is 14.3 Å². The van der Waals surface area contributed by atoms with Crippen molar-refractivity contribution in [3.05, 3.63) is 0 Å². The van der Waals surface area contributed by atoms with Crippen LogP contribution in [0.4, 0.5) is 4.79 Å². The third-order valence-electron chi connectivity index (χ3n) is 5.43. The normalized spacial score (nSPS) is 38.5. The zero-order valence-electron chi connectivity index (χ0n) is 15.1. The molecule has 0 radical (unpaired) electrons. The number of rotatable bonds is 3. The molecule has 0 aromatic heterocycles. The minimum atomic E-state index is -0.516. The van der Waals surface area contributed by atoms with Gasteiger partial charge in [0, 0.05) is 12.0 Å². The lowest BCUT2D eigenvalue weighted by molar-refractivity contribution is -0.190. The average Bonchev–Trinajstić information content (AvgIpc) is 2.32. The van der Waals surface area contributed by atoms with Crippen LogP contribution < -0.4 is 5.32 Å². The fourth-order valence-electron chi connectivity index (χ4n) is 5.26. The molecule has 0 aromatic rings. The first-order valence-electron chi connectivity index (χ1n) is 8.92. The predicted molar refractivity (Wildman–Crippen MR) is 94.1 cm³/mol. The standard InChI is InChI=1S/C18H29NO4S/c1-11(24)14(20)22-18-8-12-5-13(9-18)7-17(6-12,10-18)19-15(21)23-16(2,3)4/h11-13,24H,5-10H2,1-4H3,(H,19,21). The molecular formula is C18H29NO4S. The van der Waals surface area contributed by atoms with Crippen LogP contribution >= 0.6 is 12.6 Å². The Kier molecular flexibility index (Phi) is 4.34. The number of alkyl carbamates (subject to hydrolysis) is 1. The Morgan fingerprint density at radius 3 is 2.25 bits per heavy atom. The predicted octanol–water partition coefficient (Wildman–Crippen LogP) is 3.46. The maximum absolute atomic E-state index is 12.3. The second-order valence-electron chi connectivity index (χ2n) is 9.15. The van der Waals surface area contributed by atoms with E-state index in [0.717, 1.165) is 25.7 Å². The van der Waals surface area contributed by atoms with E-state index in [9.17, 15) is 9.59 Å². The Balaban J connectivity index is 1.75. The number of esters is 1. The molecule has 1 N–H and O–H groups in total.